The molecular weight excluding hydrogens is 456 g/mol. The number of carbonyl (C=O) groups is 1. The highest BCUT2D eigenvalue weighted by molar-refractivity contribution is 5.99. The van der Waals surface area contributed by atoms with Crippen molar-refractivity contribution in [2.75, 3.05) is 12.4 Å². The van der Waals surface area contributed by atoms with Crippen LogP contribution >= 0.6 is 0 Å². The highest BCUT2D eigenvalue weighted by Crippen LogP contribution is 2.33. The van der Waals surface area contributed by atoms with Gasteiger partial charge in [-0.2, -0.15) is 0 Å². The number of hydrogen-bond acceptors (Lipinski definition) is 5. The van der Waals surface area contributed by atoms with Gasteiger partial charge in [-0.1, -0.05) is 6.07 Å². The predicted molar refractivity (Wildman–Crippen MR) is 129 cm³/mol. The number of nitrogens with zero attached hydrogens (tertiary/aromatic N) is 1. The van der Waals surface area contributed by atoms with Gasteiger partial charge < -0.3 is 14.3 Å². The Morgan fingerprint density at radius 3 is 2.57 bits per heavy atom. The van der Waals surface area contributed by atoms with Crippen LogP contribution in [0, 0.1) is 25.5 Å². The first-order chi connectivity index (χ1) is 16.6. The van der Waals surface area contributed by atoms with E-state index >= 15 is 0 Å². The lowest BCUT2D eigenvalue weighted by Gasteiger charge is -2.20. The van der Waals surface area contributed by atoms with Gasteiger partial charge in [0.05, 0.1) is 24.2 Å². The number of rotatable bonds is 6. The molecule has 4 aromatic rings. The number of aryl methyl sites for hydroxylation is 2. The second-order valence-electron chi connectivity index (χ2n) is 8.47. The van der Waals surface area contributed by atoms with Crippen molar-refractivity contribution in [3.63, 3.8) is 0 Å². The fourth-order valence-corrected chi connectivity index (χ4v) is 4.15. The van der Waals surface area contributed by atoms with Gasteiger partial charge in [-0.15, -0.1) is 0 Å². The van der Waals surface area contributed by atoms with Crippen molar-refractivity contribution in [3.8, 4) is 11.3 Å². The first-order valence-corrected chi connectivity index (χ1v) is 10.9. The normalized spacial score (nSPS) is 12.1. The Kier molecular flexibility index (Phi) is 6.45. The van der Waals surface area contributed by atoms with E-state index < -0.39 is 29.1 Å². The van der Waals surface area contributed by atoms with Crippen LogP contribution in [0.15, 0.2) is 51.9 Å². The summed E-state index contributed by atoms with van der Waals surface area (Å²) in [6.07, 6.45) is 3.71. The molecule has 2 aromatic heterocycles. The zero-order valence-electron chi connectivity index (χ0n) is 20.0. The summed E-state index contributed by atoms with van der Waals surface area (Å²) in [6, 6.07) is 7.11. The number of amides is 1. The van der Waals surface area contributed by atoms with Gasteiger partial charge in [0.15, 0.2) is 17.1 Å². The third-order valence-electron chi connectivity index (χ3n) is 5.84. The number of hydroxylamine groups is 1. The summed E-state index contributed by atoms with van der Waals surface area (Å²) in [4.78, 5) is 30.2. The molecule has 1 amide bonds. The molecule has 0 aliphatic heterocycles. The van der Waals surface area contributed by atoms with E-state index in [1.807, 2.05) is 48.5 Å². The van der Waals surface area contributed by atoms with E-state index in [9.17, 15) is 18.4 Å². The summed E-state index contributed by atoms with van der Waals surface area (Å²) in [6.45, 7) is 5.35. The maximum Gasteiger partial charge on any atom is 0.280 e. The Morgan fingerprint density at radius 1 is 1.17 bits per heavy atom. The van der Waals surface area contributed by atoms with Crippen LogP contribution in [0.1, 0.15) is 40.0 Å². The molecule has 35 heavy (non-hydrogen) atoms. The number of anilines is 1. The van der Waals surface area contributed by atoms with Crippen LogP contribution in [0.5, 0.6) is 0 Å². The zero-order valence-corrected chi connectivity index (χ0v) is 20.0. The summed E-state index contributed by atoms with van der Waals surface area (Å²) >= 11 is 0. The van der Waals surface area contributed by atoms with Gasteiger partial charge in [0.1, 0.15) is 16.9 Å². The third kappa shape index (κ3) is 4.42. The van der Waals surface area contributed by atoms with Gasteiger partial charge in [0.2, 0.25) is 0 Å². The summed E-state index contributed by atoms with van der Waals surface area (Å²) in [5.41, 5.74) is 4.44. The highest BCUT2D eigenvalue weighted by atomic mass is 19.2. The highest BCUT2D eigenvalue weighted by Gasteiger charge is 2.24. The SMILES string of the molecule is CONC(=O)c1c(N[C@H](C)c2cc(C)cc3c(=O)c(C)c(-c4ccn(C)c4)oc23)ccc(F)c1F. The Morgan fingerprint density at radius 2 is 1.91 bits per heavy atom. The Hall–Kier alpha value is -3.98. The quantitative estimate of drug-likeness (QED) is 0.372. The fraction of sp³-hybridized carbons (Fsp3) is 0.231. The number of halogens is 2. The molecule has 2 aromatic carbocycles. The van der Waals surface area contributed by atoms with Crippen LogP contribution in [-0.2, 0) is 11.9 Å². The molecule has 0 fully saturated rings. The molecule has 0 saturated carbocycles. The summed E-state index contributed by atoms with van der Waals surface area (Å²) < 4.78 is 36.6. The smallest absolute Gasteiger partial charge is 0.280 e. The van der Waals surface area contributed by atoms with Crippen molar-refractivity contribution in [3.05, 3.63) is 86.8 Å². The molecular formula is C26H25F2N3O4. The molecule has 9 heteroatoms. The van der Waals surface area contributed by atoms with Gasteiger partial charge in [0.25, 0.3) is 5.91 Å². The maximum atomic E-state index is 14.6. The standard InChI is InChI=1S/C26H25F2N3O4/c1-13-10-17(15(3)29-20-7-6-19(27)22(28)21(20)26(33)30-34-5)25-18(11-13)23(32)14(2)24(35-25)16-8-9-31(4)12-16/h6-12,15,29H,1-5H3,(H,30,33)/t15-/m1/s1. The molecule has 2 heterocycles. The first-order valence-electron chi connectivity index (χ1n) is 10.9. The summed E-state index contributed by atoms with van der Waals surface area (Å²) in [5, 5.41) is 3.47. The van der Waals surface area contributed by atoms with Crippen LogP contribution in [0.2, 0.25) is 0 Å². The maximum absolute atomic E-state index is 14.6. The minimum absolute atomic E-state index is 0.0540. The van der Waals surface area contributed by atoms with Crippen LogP contribution in [0.4, 0.5) is 14.5 Å². The van der Waals surface area contributed by atoms with Crippen LogP contribution < -0.4 is 16.2 Å². The van der Waals surface area contributed by atoms with Gasteiger partial charge in [-0.3, -0.25) is 14.4 Å². The molecule has 0 radical (unpaired) electrons. The van der Waals surface area contributed by atoms with Crippen molar-refractivity contribution in [2.45, 2.75) is 26.8 Å². The van der Waals surface area contributed by atoms with E-state index in [1.54, 1.807) is 19.9 Å². The molecule has 4 rings (SSSR count). The van der Waals surface area contributed by atoms with Gasteiger partial charge in [0, 0.05) is 36.1 Å². The van der Waals surface area contributed by atoms with Gasteiger partial charge >= 0.3 is 0 Å². The average molecular weight is 481 g/mol. The summed E-state index contributed by atoms with van der Waals surface area (Å²) in [7, 11) is 3.07. The minimum Gasteiger partial charge on any atom is -0.455 e. The molecule has 182 valence electrons. The molecule has 0 saturated heterocycles. The molecule has 0 aliphatic carbocycles. The number of nitrogens with one attached hydrogen (secondary N) is 2. The first kappa shape index (κ1) is 24.2. The second-order valence-corrected chi connectivity index (χ2v) is 8.47. The second kappa shape index (κ2) is 9.34. The summed E-state index contributed by atoms with van der Waals surface area (Å²) in [5.74, 6) is -2.96. The fourth-order valence-electron chi connectivity index (χ4n) is 4.15. The zero-order chi connectivity index (χ0) is 25.4. The van der Waals surface area contributed by atoms with E-state index in [2.05, 4.69) is 10.2 Å². The molecule has 0 unspecified atom stereocenters. The lowest BCUT2D eigenvalue weighted by atomic mass is 9.99. The molecule has 7 nitrogen and oxygen atoms in total. The van der Waals surface area contributed by atoms with E-state index in [-0.39, 0.29) is 11.1 Å². The number of benzene rings is 2. The molecule has 1 atom stereocenters. The molecule has 0 bridgehead atoms. The number of hydrogen-bond donors (Lipinski definition) is 2. The van der Waals surface area contributed by atoms with Crippen molar-refractivity contribution in [1.82, 2.24) is 10.0 Å². The Balaban J connectivity index is 1.86. The third-order valence-corrected chi connectivity index (χ3v) is 5.84. The van der Waals surface area contributed by atoms with Crippen molar-refractivity contribution < 1.29 is 22.8 Å². The number of carbonyl (C=O) groups excluding carboxylic acids is 1. The van der Waals surface area contributed by atoms with Gasteiger partial charge in [-0.05, 0) is 50.6 Å². The van der Waals surface area contributed by atoms with Crippen molar-refractivity contribution in [1.29, 1.82) is 0 Å². The molecule has 0 spiro atoms. The number of aromatic nitrogens is 1. The van der Waals surface area contributed by atoms with E-state index in [0.717, 1.165) is 17.2 Å². The predicted octanol–water partition coefficient (Wildman–Crippen LogP) is 5.16. The lowest BCUT2D eigenvalue weighted by molar-refractivity contribution is 0.0533. The molecule has 2 N–H and O–H groups in total. The largest absolute Gasteiger partial charge is 0.455 e. The topological polar surface area (TPSA) is 85.5 Å². The van der Waals surface area contributed by atoms with Crippen molar-refractivity contribution >= 4 is 22.6 Å². The Labute approximate surface area is 200 Å². The van der Waals surface area contributed by atoms with Crippen molar-refractivity contribution in [2.24, 2.45) is 7.05 Å². The van der Waals surface area contributed by atoms with Crippen LogP contribution in [0.3, 0.4) is 0 Å². The molecule has 0 aliphatic rings. The number of fused-ring (bicyclic) bond motifs is 1. The van der Waals surface area contributed by atoms with E-state index in [0.29, 0.717) is 27.9 Å². The van der Waals surface area contributed by atoms with Crippen LogP contribution in [0.25, 0.3) is 22.3 Å². The monoisotopic (exact) mass is 481 g/mol. The lowest BCUT2D eigenvalue weighted by Crippen LogP contribution is -2.25. The average Bonchev–Trinajstić information content (AvgIpc) is 3.24. The van der Waals surface area contributed by atoms with Crippen LogP contribution in [-0.4, -0.2) is 17.6 Å². The minimum atomic E-state index is -1.31. The van der Waals surface area contributed by atoms with E-state index in [4.69, 9.17) is 4.42 Å². The van der Waals surface area contributed by atoms with Gasteiger partial charge in [-0.25, -0.2) is 14.3 Å². The Bertz CT molecular complexity index is 1510. The van der Waals surface area contributed by atoms with E-state index in [1.165, 1.54) is 13.2 Å².